The maximum absolute atomic E-state index is 3.74. The molecule has 1 aliphatic carbocycles. The molecule has 0 heterocycles. The maximum Gasteiger partial charge on any atom is 0.0214 e. The van der Waals surface area contributed by atoms with Crippen molar-refractivity contribution in [3.05, 3.63) is 35.9 Å². The summed E-state index contributed by atoms with van der Waals surface area (Å²) in [6.45, 7) is 0. The van der Waals surface area contributed by atoms with Gasteiger partial charge in [-0.15, -0.1) is 0 Å². The van der Waals surface area contributed by atoms with Crippen LogP contribution in [-0.4, -0.2) is 4.83 Å². The zero-order valence-corrected chi connectivity index (χ0v) is 8.63. The molecule has 1 fully saturated rings. The van der Waals surface area contributed by atoms with Gasteiger partial charge in [-0.3, -0.25) is 0 Å². The molecule has 0 nitrogen and oxygen atoms in total. The first-order valence-corrected chi connectivity index (χ1v) is 5.46. The maximum atomic E-state index is 3.74. The van der Waals surface area contributed by atoms with Crippen molar-refractivity contribution in [1.82, 2.24) is 0 Å². The van der Waals surface area contributed by atoms with Crippen molar-refractivity contribution in [1.29, 1.82) is 0 Å². The van der Waals surface area contributed by atoms with E-state index >= 15 is 0 Å². The number of hydrogen-bond acceptors (Lipinski definition) is 0. The summed E-state index contributed by atoms with van der Waals surface area (Å²) >= 11 is 3.74. The van der Waals surface area contributed by atoms with Gasteiger partial charge in [0.05, 0.1) is 0 Å². The molecule has 1 aromatic carbocycles. The second-order valence-corrected chi connectivity index (χ2v) is 4.72. The first-order chi connectivity index (χ1) is 5.86. The van der Waals surface area contributed by atoms with Crippen LogP contribution in [0.1, 0.15) is 18.4 Å². The molecule has 1 atom stereocenters. The van der Waals surface area contributed by atoms with Gasteiger partial charge in [0.25, 0.3) is 0 Å². The molecule has 1 heteroatoms. The lowest BCUT2D eigenvalue weighted by Crippen LogP contribution is -2.04. The minimum absolute atomic E-state index is 0.708. The Morgan fingerprint density at radius 2 is 1.92 bits per heavy atom. The molecule has 0 spiro atoms. The summed E-state index contributed by atoms with van der Waals surface area (Å²) in [4.78, 5) is 0.708. The van der Waals surface area contributed by atoms with E-state index in [1.54, 1.807) is 0 Å². The van der Waals surface area contributed by atoms with Gasteiger partial charge in [-0.25, -0.2) is 0 Å². The zero-order chi connectivity index (χ0) is 8.39. The van der Waals surface area contributed by atoms with Crippen molar-refractivity contribution < 1.29 is 0 Å². The molecule has 1 aromatic rings. The smallest absolute Gasteiger partial charge is 0.0214 e. The third-order valence-corrected chi connectivity index (χ3v) is 3.48. The minimum Gasteiger partial charge on any atom is -0.0884 e. The van der Waals surface area contributed by atoms with E-state index in [4.69, 9.17) is 0 Å². The van der Waals surface area contributed by atoms with Crippen LogP contribution in [0.2, 0.25) is 0 Å². The Bertz CT molecular complexity index is 238. The highest BCUT2D eigenvalue weighted by Gasteiger charge is 2.28. The average Bonchev–Trinajstić information content (AvgIpc) is 2.88. The molecule has 0 aliphatic heterocycles. The highest BCUT2D eigenvalue weighted by molar-refractivity contribution is 9.09. The molecular formula is C11H13Br. The van der Waals surface area contributed by atoms with E-state index in [2.05, 4.69) is 46.3 Å². The first-order valence-electron chi connectivity index (χ1n) is 4.54. The van der Waals surface area contributed by atoms with Crippen molar-refractivity contribution in [2.24, 2.45) is 5.92 Å². The Morgan fingerprint density at radius 1 is 1.25 bits per heavy atom. The van der Waals surface area contributed by atoms with Gasteiger partial charge in [0.2, 0.25) is 0 Å². The molecule has 1 saturated carbocycles. The molecule has 0 unspecified atom stereocenters. The van der Waals surface area contributed by atoms with Gasteiger partial charge in [-0.2, -0.15) is 0 Å². The lowest BCUT2D eigenvalue weighted by molar-refractivity contribution is 0.761. The molecule has 0 saturated heterocycles. The molecule has 0 amide bonds. The lowest BCUT2D eigenvalue weighted by atomic mass is 10.1. The molecule has 64 valence electrons. The summed E-state index contributed by atoms with van der Waals surface area (Å²) in [6.07, 6.45) is 4.02. The monoisotopic (exact) mass is 224 g/mol. The van der Waals surface area contributed by atoms with E-state index in [0.29, 0.717) is 4.83 Å². The van der Waals surface area contributed by atoms with Crippen LogP contribution in [-0.2, 0) is 6.42 Å². The van der Waals surface area contributed by atoms with Crippen LogP contribution in [0.3, 0.4) is 0 Å². The number of benzene rings is 1. The van der Waals surface area contributed by atoms with Crippen LogP contribution < -0.4 is 0 Å². The summed E-state index contributed by atoms with van der Waals surface area (Å²) in [7, 11) is 0. The van der Waals surface area contributed by atoms with Crippen molar-refractivity contribution in [3.8, 4) is 0 Å². The lowest BCUT2D eigenvalue weighted by Gasteiger charge is -2.06. The van der Waals surface area contributed by atoms with Gasteiger partial charge in [-0.1, -0.05) is 46.3 Å². The third kappa shape index (κ3) is 2.10. The topological polar surface area (TPSA) is 0 Å². The van der Waals surface area contributed by atoms with Gasteiger partial charge in [0.15, 0.2) is 0 Å². The Labute approximate surface area is 82.1 Å². The molecule has 0 radical (unpaired) electrons. The van der Waals surface area contributed by atoms with Gasteiger partial charge in [0, 0.05) is 4.83 Å². The van der Waals surface area contributed by atoms with Crippen molar-refractivity contribution in [3.63, 3.8) is 0 Å². The molecule has 0 N–H and O–H groups in total. The van der Waals surface area contributed by atoms with Crippen LogP contribution in [0.25, 0.3) is 0 Å². The highest BCUT2D eigenvalue weighted by Crippen LogP contribution is 2.38. The van der Waals surface area contributed by atoms with E-state index in [0.717, 1.165) is 5.92 Å². The third-order valence-electron chi connectivity index (χ3n) is 2.41. The predicted octanol–water partition coefficient (Wildman–Crippen LogP) is 3.40. The predicted molar refractivity (Wildman–Crippen MR) is 55.6 cm³/mol. The quantitative estimate of drug-likeness (QED) is 0.691. The fourth-order valence-corrected chi connectivity index (χ4v) is 2.37. The van der Waals surface area contributed by atoms with E-state index in [1.807, 2.05) is 0 Å². The van der Waals surface area contributed by atoms with E-state index in [1.165, 1.54) is 24.8 Å². The van der Waals surface area contributed by atoms with E-state index in [9.17, 15) is 0 Å². The highest BCUT2D eigenvalue weighted by atomic mass is 79.9. The minimum atomic E-state index is 0.708. The number of hydrogen-bond donors (Lipinski definition) is 0. The number of alkyl halides is 1. The Kier molecular flexibility index (Phi) is 2.50. The molecule has 0 bridgehead atoms. The van der Waals surface area contributed by atoms with Crippen LogP contribution >= 0.6 is 15.9 Å². The fourth-order valence-electron chi connectivity index (χ4n) is 1.46. The average molecular weight is 225 g/mol. The summed E-state index contributed by atoms with van der Waals surface area (Å²) in [6, 6.07) is 10.7. The fraction of sp³-hybridized carbons (Fsp3) is 0.455. The summed E-state index contributed by atoms with van der Waals surface area (Å²) in [5.41, 5.74) is 1.45. The number of rotatable bonds is 3. The molecule has 12 heavy (non-hydrogen) atoms. The first kappa shape index (κ1) is 8.31. The number of halogens is 1. The Balaban J connectivity index is 1.94. The summed E-state index contributed by atoms with van der Waals surface area (Å²) in [5.74, 6) is 0.949. The Morgan fingerprint density at radius 3 is 2.50 bits per heavy atom. The molecule has 2 rings (SSSR count). The van der Waals surface area contributed by atoms with Crippen LogP contribution in [0.15, 0.2) is 30.3 Å². The largest absolute Gasteiger partial charge is 0.0884 e. The van der Waals surface area contributed by atoms with Gasteiger partial charge < -0.3 is 0 Å². The second-order valence-electron chi connectivity index (χ2n) is 3.54. The van der Waals surface area contributed by atoms with E-state index in [-0.39, 0.29) is 0 Å². The standard InChI is InChI=1S/C11H13Br/c12-11(10-6-7-10)8-9-4-2-1-3-5-9/h1-5,10-11H,6-8H2/t11-/m0/s1. The van der Waals surface area contributed by atoms with Gasteiger partial charge in [-0.05, 0) is 30.7 Å². The van der Waals surface area contributed by atoms with Gasteiger partial charge >= 0.3 is 0 Å². The molecule has 1 aliphatic rings. The second kappa shape index (κ2) is 3.61. The van der Waals surface area contributed by atoms with Crippen LogP contribution in [0.4, 0.5) is 0 Å². The van der Waals surface area contributed by atoms with E-state index < -0.39 is 0 Å². The van der Waals surface area contributed by atoms with Gasteiger partial charge in [0.1, 0.15) is 0 Å². The molecular weight excluding hydrogens is 212 g/mol. The Hall–Kier alpha value is -0.300. The molecule has 0 aromatic heterocycles. The van der Waals surface area contributed by atoms with Crippen molar-refractivity contribution >= 4 is 15.9 Å². The van der Waals surface area contributed by atoms with Crippen LogP contribution in [0.5, 0.6) is 0 Å². The van der Waals surface area contributed by atoms with Crippen molar-refractivity contribution in [2.45, 2.75) is 24.1 Å². The zero-order valence-electron chi connectivity index (χ0n) is 7.04. The van der Waals surface area contributed by atoms with Crippen molar-refractivity contribution in [2.75, 3.05) is 0 Å². The summed E-state index contributed by atoms with van der Waals surface area (Å²) in [5, 5.41) is 0. The van der Waals surface area contributed by atoms with Crippen LogP contribution in [0, 0.1) is 5.92 Å². The SMILES string of the molecule is Br[C@@H](Cc1ccccc1)C1CC1. The normalized spacial score (nSPS) is 19.1. The summed E-state index contributed by atoms with van der Waals surface area (Å²) < 4.78 is 0.